The molecule has 122 valence electrons. The summed E-state index contributed by atoms with van der Waals surface area (Å²) in [5.74, 6) is 0.400. The van der Waals surface area contributed by atoms with E-state index in [2.05, 4.69) is 15.3 Å². The Balaban J connectivity index is 2.08. The van der Waals surface area contributed by atoms with Crippen LogP contribution >= 0.6 is 0 Å². The Labute approximate surface area is 135 Å². The van der Waals surface area contributed by atoms with Gasteiger partial charge in [0.25, 0.3) is 5.91 Å². The highest BCUT2D eigenvalue weighted by atomic mass is 16.5. The molecule has 2 rings (SSSR count). The summed E-state index contributed by atoms with van der Waals surface area (Å²) in [6.45, 7) is 3.95. The van der Waals surface area contributed by atoms with Crippen LogP contribution in [-0.4, -0.2) is 36.1 Å². The quantitative estimate of drug-likeness (QED) is 0.884. The highest BCUT2D eigenvalue weighted by molar-refractivity contribution is 5.96. The summed E-state index contributed by atoms with van der Waals surface area (Å²) >= 11 is 0. The predicted octanol–water partition coefficient (Wildman–Crippen LogP) is 2.16. The van der Waals surface area contributed by atoms with Crippen LogP contribution in [-0.2, 0) is 6.42 Å². The zero-order valence-corrected chi connectivity index (χ0v) is 13.8. The SMILES string of the molecule is COc1ccc(C(=O)N[C@@H](C)Cc2ncccc2C)c(OC)n1. The van der Waals surface area contributed by atoms with Crippen molar-refractivity contribution in [3.8, 4) is 11.8 Å². The number of aryl methyl sites for hydroxylation is 1. The third-order valence-corrected chi connectivity index (χ3v) is 3.48. The molecule has 1 N–H and O–H groups in total. The van der Waals surface area contributed by atoms with Gasteiger partial charge in [0.15, 0.2) is 0 Å². The Morgan fingerprint density at radius 3 is 2.70 bits per heavy atom. The number of hydrogen-bond acceptors (Lipinski definition) is 5. The van der Waals surface area contributed by atoms with Crippen molar-refractivity contribution in [2.45, 2.75) is 26.3 Å². The number of aromatic nitrogens is 2. The fourth-order valence-electron chi connectivity index (χ4n) is 2.24. The molecule has 0 aliphatic heterocycles. The highest BCUT2D eigenvalue weighted by Crippen LogP contribution is 2.19. The van der Waals surface area contributed by atoms with Crippen molar-refractivity contribution in [1.82, 2.24) is 15.3 Å². The predicted molar refractivity (Wildman–Crippen MR) is 86.9 cm³/mol. The number of nitrogens with zero attached hydrogens (tertiary/aromatic N) is 2. The summed E-state index contributed by atoms with van der Waals surface area (Å²) < 4.78 is 10.2. The molecular formula is C17H21N3O3. The lowest BCUT2D eigenvalue weighted by Crippen LogP contribution is -2.34. The maximum atomic E-state index is 12.4. The molecule has 0 saturated carbocycles. The standard InChI is InChI=1S/C17H21N3O3/c1-11-6-5-9-18-14(11)10-12(2)19-16(21)13-7-8-15(22-3)20-17(13)23-4/h5-9,12H,10H2,1-4H3,(H,19,21)/t12-/m0/s1. The Morgan fingerprint density at radius 1 is 1.26 bits per heavy atom. The van der Waals surface area contributed by atoms with Gasteiger partial charge in [0.2, 0.25) is 11.8 Å². The first-order valence-corrected chi connectivity index (χ1v) is 7.35. The molecule has 0 bridgehead atoms. The van der Waals surface area contributed by atoms with E-state index in [0.717, 1.165) is 11.3 Å². The number of ether oxygens (including phenoxy) is 2. The number of carbonyl (C=O) groups is 1. The summed E-state index contributed by atoms with van der Waals surface area (Å²) in [6, 6.07) is 7.11. The second kappa shape index (κ2) is 7.58. The Morgan fingerprint density at radius 2 is 2.04 bits per heavy atom. The smallest absolute Gasteiger partial charge is 0.256 e. The van der Waals surface area contributed by atoms with E-state index < -0.39 is 0 Å². The maximum absolute atomic E-state index is 12.4. The first-order chi connectivity index (χ1) is 11.0. The second-order valence-electron chi connectivity index (χ2n) is 5.26. The van der Waals surface area contributed by atoms with Crippen molar-refractivity contribution in [3.63, 3.8) is 0 Å². The summed E-state index contributed by atoms with van der Waals surface area (Å²) in [5, 5.41) is 2.94. The third kappa shape index (κ3) is 4.18. The molecule has 0 spiro atoms. The molecule has 0 aromatic carbocycles. The summed E-state index contributed by atoms with van der Waals surface area (Å²) in [5.41, 5.74) is 2.45. The van der Waals surface area contributed by atoms with E-state index in [1.54, 1.807) is 18.3 Å². The van der Waals surface area contributed by atoms with E-state index in [4.69, 9.17) is 9.47 Å². The van der Waals surface area contributed by atoms with E-state index in [1.165, 1.54) is 14.2 Å². The van der Waals surface area contributed by atoms with Crippen LogP contribution in [0.3, 0.4) is 0 Å². The molecule has 0 aliphatic rings. The number of amides is 1. The maximum Gasteiger partial charge on any atom is 0.256 e. The Kier molecular flexibility index (Phi) is 5.51. The molecule has 0 saturated heterocycles. The van der Waals surface area contributed by atoms with Crippen LogP contribution in [0.25, 0.3) is 0 Å². The molecule has 2 aromatic rings. The van der Waals surface area contributed by atoms with Gasteiger partial charge in [-0.05, 0) is 31.5 Å². The Hall–Kier alpha value is -2.63. The van der Waals surface area contributed by atoms with Crippen LogP contribution in [0.5, 0.6) is 11.8 Å². The highest BCUT2D eigenvalue weighted by Gasteiger charge is 2.17. The Bertz CT molecular complexity index is 689. The average molecular weight is 315 g/mol. The van der Waals surface area contributed by atoms with Crippen molar-refractivity contribution in [2.24, 2.45) is 0 Å². The van der Waals surface area contributed by atoms with Crippen LogP contribution < -0.4 is 14.8 Å². The van der Waals surface area contributed by atoms with E-state index in [0.29, 0.717) is 17.9 Å². The first-order valence-electron chi connectivity index (χ1n) is 7.35. The summed E-state index contributed by atoms with van der Waals surface area (Å²) in [4.78, 5) is 20.9. The van der Waals surface area contributed by atoms with Gasteiger partial charge in [0.05, 0.1) is 14.2 Å². The van der Waals surface area contributed by atoms with Crippen molar-refractivity contribution in [2.75, 3.05) is 14.2 Å². The molecule has 0 fully saturated rings. The molecule has 6 heteroatoms. The average Bonchev–Trinajstić information content (AvgIpc) is 2.56. The van der Waals surface area contributed by atoms with Gasteiger partial charge >= 0.3 is 0 Å². The minimum atomic E-state index is -0.238. The zero-order chi connectivity index (χ0) is 16.8. The molecule has 0 aliphatic carbocycles. The molecule has 0 radical (unpaired) electrons. The van der Waals surface area contributed by atoms with Gasteiger partial charge in [0, 0.05) is 30.4 Å². The summed E-state index contributed by atoms with van der Waals surface area (Å²) in [7, 11) is 2.98. The number of hydrogen-bond donors (Lipinski definition) is 1. The van der Waals surface area contributed by atoms with Crippen LogP contribution in [0.4, 0.5) is 0 Å². The first kappa shape index (κ1) is 16.7. The molecule has 6 nitrogen and oxygen atoms in total. The van der Waals surface area contributed by atoms with Crippen LogP contribution in [0, 0.1) is 6.92 Å². The van der Waals surface area contributed by atoms with Gasteiger partial charge in [0.1, 0.15) is 5.56 Å². The minimum Gasteiger partial charge on any atom is -0.481 e. The number of pyridine rings is 2. The summed E-state index contributed by atoms with van der Waals surface area (Å²) in [6.07, 6.45) is 2.41. The number of rotatable bonds is 6. The molecule has 0 unspecified atom stereocenters. The van der Waals surface area contributed by atoms with Crippen LogP contribution in [0.1, 0.15) is 28.5 Å². The number of carbonyl (C=O) groups excluding carboxylic acids is 1. The van der Waals surface area contributed by atoms with Crippen LogP contribution in [0.15, 0.2) is 30.5 Å². The minimum absolute atomic E-state index is 0.0668. The van der Waals surface area contributed by atoms with E-state index in [-0.39, 0.29) is 17.8 Å². The molecule has 1 atom stereocenters. The molecule has 2 aromatic heterocycles. The lowest BCUT2D eigenvalue weighted by Gasteiger charge is -2.16. The van der Waals surface area contributed by atoms with Gasteiger partial charge in [-0.3, -0.25) is 9.78 Å². The monoisotopic (exact) mass is 315 g/mol. The molecule has 23 heavy (non-hydrogen) atoms. The van der Waals surface area contributed by atoms with E-state index >= 15 is 0 Å². The molecule has 2 heterocycles. The largest absolute Gasteiger partial charge is 0.481 e. The van der Waals surface area contributed by atoms with Crippen molar-refractivity contribution in [3.05, 3.63) is 47.3 Å². The van der Waals surface area contributed by atoms with Crippen LogP contribution in [0.2, 0.25) is 0 Å². The van der Waals surface area contributed by atoms with Gasteiger partial charge in [-0.2, -0.15) is 4.98 Å². The van der Waals surface area contributed by atoms with Gasteiger partial charge in [-0.1, -0.05) is 6.07 Å². The van der Waals surface area contributed by atoms with Crippen molar-refractivity contribution < 1.29 is 14.3 Å². The van der Waals surface area contributed by atoms with Crippen molar-refractivity contribution >= 4 is 5.91 Å². The topological polar surface area (TPSA) is 73.3 Å². The second-order valence-corrected chi connectivity index (χ2v) is 5.26. The fraction of sp³-hybridized carbons (Fsp3) is 0.353. The fourth-order valence-corrected chi connectivity index (χ4v) is 2.24. The lowest BCUT2D eigenvalue weighted by atomic mass is 10.1. The zero-order valence-electron chi connectivity index (χ0n) is 13.8. The van der Waals surface area contributed by atoms with Gasteiger partial charge in [-0.25, -0.2) is 0 Å². The van der Waals surface area contributed by atoms with Crippen molar-refractivity contribution in [1.29, 1.82) is 0 Å². The normalized spacial score (nSPS) is 11.7. The lowest BCUT2D eigenvalue weighted by molar-refractivity contribution is 0.0936. The molecule has 1 amide bonds. The van der Waals surface area contributed by atoms with E-state index in [1.807, 2.05) is 26.0 Å². The number of nitrogens with one attached hydrogen (secondary N) is 1. The van der Waals surface area contributed by atoms with Gasteiger partial charge < -0.3 is 14.8 Å². The third-order valence-electron chi connectivity index (χ3n) is 3.48. The molecular weight excluding hydrogens is 294 g/mol. The van der Waals surface area contributed by atoms with Gasteiger partial charge in [-0.15, -0.1) is 0 Å². The van der Waals surface area contributed by atoms with E-state index in [9.17, 15) is 4.79 Å². The number of methoxy groups -OCH3 is 2.